The smallest absolute Gasteiger partial charge is 0.359 e. The van der Waals surface area contributed by atoms with Crippen LogP contribution < -0.4 is 4.74 Å². The highest BCUT2D eigenvalue weighted by atomic mass is 16.5. The van der Waals surface area contributed by atoms with Crippen LogP contribution in [-0.2, 0) is 28.5 Å². The second kappa shape index (κ2) is 10.1. The molecule has 11 heteroatoms. The van der Waals surface area contributed by atoms with Crippen molar-refractivity contribution in [3.8, 4) is 17.0 Å². The molecule has 0 saturated carbocycles. The zero-order chi connectivity index (χ0) is 23.1. The maximum Gasteiger partial charge on any atom is 0.359 e. The van der Waals surface area contributed by atoms with Crippen molar-refractivity contribution in [1.29, 1.82) is 0 Å². The molecule has 0 unspecified atom stereocenters. The maximum atomic E-state index is 12.6. The third-order valence-electron chi connectivity index (χ3n) is 4.10. The van der Waals surface area contributed by atoms with Crippen LogP contribution in [0.15, 0.2) is 30.3 Å². The van der Waals surface area contributed by atoms with E-state index in [-0.39, 0.29) is 11.3 Å². The largest absolute Gasteiger partial charge is 0.497 e. The van der Waals surface area contributed by atoms with Crippen molar-refractivity contribution in [2.45, 2.75) is 0 Å². The van der Waals surface area contributed by atoms with Crippen LogP contribution in [0.25, 0.3) is 17.0 Å². The number of aromatic nitrogens is 2. The van der Waals surface area contributed by atoms with Crippen molar-refractivity contribution in [2.24, 2.45) is 0 Å². The second-order valence-electron chi connectivity index (χ2n) is 5.74. The molecule has 164 valence electrons. The summed E-state index contributed by atoms with van der Waals surface area (Å²) in [4.78, 5) is 49.2. The zero-order valence-electron chi connectivity index (χ0n) is 17.5. The average Bonchev–Trinajstić information content (AvgIpc) is 3.20. The molecule has 0 bridgehead atoms. The van der Waals surface area contributed by atoms with E-state index in [9.17, 15) is 19.2 Å². The van der Waals surface area contributed by atoms with Gasteiger partial charge in [-0.05, 0) is 24.3 Å². The third-order valence-corrected chi connectivity index (χ3v) is 4.10. The van der Waals surface area contributed by atoms with Crippen LogP contribution in [-0.4, -0.2) is 69.2 Å². The normalized spacial score (nSPS) is 10.8. The van der Waals surface area contributed by atoms with E-state index in [1.165, 1.54) is 7.11 Å². The summed E-state index contributed by atoms with van der Waals surface area (Å²) in [5.74, 6) is -3.23. The summed E-state index contributed by atoms with van der Waals surface area (Å²) >= 11 is 0. The minimum absolute atomic E-state index is 0.0181. The molecule has 0 aliphatic rings. The molecule has 11 nitrogen and oxygen atoms in total. The molecule has 0 N–H and O–H groups in total. The van der Waals surface area contributed by atoms with Gasteiger partial charge in [0.1, 0.15) is 11.3 Å². The van der Waals surface area contributed by atoms with Gasteiger partial charge in [0.2, 0.25) is 0 Å². The Labute approximate surface area is 177 Å². The van der Waals surface area contributed by atoms with E-state index in [0.29, 0.717) is 11.3 Å². The first-order chi connectivity index (χ1) is 14.8. The van der Waals surface area contributed by atoms with Gasteiger partial charge in [-0.3, -0.25) is 0 Å². The predicted octanol–water partition coefficient (Wildman–Crippen LogP) is 1.32. The lowest BCUT2D eigenvalue weighted by molar-refractivity contribution is -0.137. The van der Waals surface area contributed by atoms with Crippen LogP contribution in [0.2, 0.25) is 0 Å². The minimum atomic E-state index is -0.976. The molecule has 0 spiro atoms. The molecule has 0 fully saturated rings. The number of carbonyl (C=O) groups is 4. The third kappa shape index (κ3) is 4.71. The number of hydrogen-bond acceptors (Lipinski definition) is 10. The highest BCUT2D eigenvalue weighted by molar-refractivity contribution is 6.16. The summed E-state index contributed by atoms with van der Waals surface area (Å²) in [7, 11) is 5.89. The van der Waals surface area contributed by atoms with Crippen LogP contribution in [0.1, 0.15) is 20.8 Å². The van der Waals surface area contributed by atoms with Crippen LogP contribution in [0.4, 0.5) is 0 Å². The summed E-state index contributed by atoms with van der Waals surface area (Å²) in [6, 6.07) is 6.31. The molecule has 0 amide bonds. The van der Waals surface area contributed by atoms with Gasteiger partial charge in [0.05, 0.1) is 47.3 Å². The number of methoxy groups -OCH3 is 5. The van der Waals surface area contributed by atoms with Gasteiger partial charge >= 0.3 is 23.9 Å². The molecule has 0 saturated heterocycles. The Hall–Kier alpha value is -4.15. The molecule has 0 atom stereocenters. The number of benzene rings is 1. The Morgan fingerprint density at radius 1 is 0.839 bits per heavy atom. The Bertz CT molecular complexity index is 1040. The molecular weight excluding hydrogens is 412 g/mol. The van der Waals surface area contributed by atoms with E-state index in [1.54, 1.807) is 24.3 Å². The van der Waals surface area contributed by atoms with Crippen molar-refractivity contribution < 1.29 is 42.9 Å². The molecule has 2 aromatic rings. The summed E-state index contributed by atoms with van der Waals surface area (Å²) in [6.45, 7) is 0. The first-order valence-corrected chi connectivity index (χ1v) is 8.65. The standard InChI is InChI=1S/C20H20N2O9/c1-27-12-8-6-11(7-9-12)17-15(19(25)30-4)16(20(26)31-5)21-22(17)13(18(24)29-3)10-14(23)28-2/h6-10H,1-5H3/b13-10+. The van der Waals surface area contributed by atoms with Gasteiger partial charge in [0.25, 0.3) is 0 Å². The van der Waals surface area contributed by atoms with Crippen molar-refractivity contribution in [2.75, 3.05) is 35.5 Å². The van der Waals surface area contributed by atoms with E-state index < -0.39 is 35.3 Å². The van der Waals surface area contributed by atoms with Gasteiger partial charge in [-0.2, -0.15) is 5.10 Å². The lowest BCUT2D eigenvalue weighted by Gasteiger charge is -2.11. The van der Waals surface area contributed by atoms with Gasteiger partial charge < -0.3 is 23.7 Å². The van der Waals surface area contributed by atoms with Crippen LogP contribution in [0.3, 0.4) is 0 Å². The molecule has 0 aliphatic heterocycles. The van der Waals surface area contributed by atoms with Gasteiger partial charge in [0, 0.05) is 5.56 Å². The van der Waals surface area contributed by atoms with Gasteiger partial charge in [-0.1, -0.05) is 0 Å². The topological polar surface area (TPSA) is 132 Å². The molecule has 1 heterocycles. The molecule has 2 rings (SSSR count). The van der Waals surface area contributed by atoms with Gasteiger partial charge in [-0.15, -0.1) is 0 Å². The number of hydrogen-bond donors (Lipinski definition) is 0. The summed E-state index contributed by atoms with van der Waals surface area (Å²) in [5, 5.41) is 4.06. The fourth-order valence-corrected chi connectivity index (χ4v) is 2.62. The number of carbonyl (C=O) groups excluding carboxylic acids is 4. The van der Waals surface area contributed by atoms with Crippen molar-refractivity contribution >= 4 is 29.6 Å². The van der Waals surface area contributed by atoms with Crippen LogP contribution in [0, 0.1) is 0 Å². The second-order valence-corrected chi connectivity index (χ2v) is 5.74. The molecule has 0 radical (unpaired) electrons. The van der Waals surface area contributed by atoms with E-state index in [2.05, 4.69) is 9.84 Å². The van der Waals surface area contributed by atoms with Gasteiger partial charge in [-0.25, -0.2) is 23.9 Å². The molecule has 1 aromatic heterocycles. The monoisotopic (exact) mass is 432 g/mol. The first-order valence-electron chi connectivity index (χ1n) is 8.65. The fraction of sp³-hybridized carbons (Fsp3) is 0.250. The lowest BCUT2D eigenvalue weighted by Crippen LogP contribution is -2.16. The van der Waals surface area contributed by atoms with E-state index in [0.717, 1.165) is 39.2 Å². The number of rotatable bonds is 7. The van der Waals surface area contributed by atoms with Gasteiger partial charge in [0.15, 0.2) is 11.4 Å². The SMILES string of the molecule is COC(=O)/C=C(\C(=O)OC)n1nc(C(=O)OC)c(C(=O)OC)c1-c1ccc(OC)cc1. The van der Waals surface area contributed by atoms with Crippen LogP contribution in [0.5, 0.6) is 5.75 Å². The first kappa shape index (κ1) is 23.1. The molecule has 0 aliphatic carbocycles. The lowest BCUT2D eigenvalue weighted by atomic mass is 10.0. The van der Waals surface area contributed by atoms with Crippen molar-refractivity contribution in [3.05, 3.63) is 41.6 Å². The Balaban J connectivity index is 2.96. The fourth-order valence-electron chi connectivity index (χ4n) is 2.62. The average molecular weight is 432 g/mol. The van der Waals surface area contributed by atoms with E-state index >= 15 is 0 Å². The number of ether oxygens (including phenoxy) is 5. The zero-order valence-corrected chi connectivity index (χ0v) is 17.5. The summed E-state index contributed by atoms with van der Waals surface area (Å²) in [5.41, 5.74) is -0.793. The number of nitrogens with zero attached hydrogens (tertiary/aromatic N) is 2. The Morgan fingerprint density at radius 2 is 1.45 bits per heavy atom. The van der Waals surface area contributed by atoms with Crippen molar-refractivity contribution in [3.63, 3.8) is 0 Å². The van der Waals surface area contributed by atoms with E-state index in [4.69, 9.17) is 18.9 Å². The molecular formula is C20H20N2O9. The molecule has 1 aromatic carbocycles. The quantitative estimate of drug-likeness (QED) is 0.358. The minimum Gasteiger partial charge on any atom is -0.497 e. The van der Waals surface area contributed by atoms with Crippen molar-refractivity contribution in [1.82, 2.24) is 9.78 Å². The van der Waals surface area contributed by atoms with Crippen LogP contribution >= 0.6 is 0 Å². The predicted molar refractivity (Wildman–Crippen MR) is 105 cm³/mol. The summed E-state index contributed by atoms with van der Waals surface area (Å²) < 4.78 is 24.9. The summed E-state index contributed by atoms with van der Waals surface area (Å²) in [6.07, 6.45) is 0.813. The molecule has 31 heavy (non-hydrogen) atoms. The number of esters is 4. The highest BCUT2D eigenvalue weighted by Crippen LogP contribution is 2.32. The maximum absolute atomic E-state index is 12.6. The highest BCUT2D eigenvalue weighted by Gasteiger charge is 2.33. The Kier molecular flexibility index (Phi) is 7.50. The van der Waals surface area contributed by atoms with E-state index in [1.807, 2.05) is 0 Å². The Morgan fingerprint density at radius 3 is 1.94 bits per heavy atom.